The minimum Gasteiger partial charge on any atom is -0.454 e. The number of carbonyl (C=O) groups excluding carboxylic acids is 2. The van der Waals surface area contributed by atoms with Crippen molar-refractivity contribution in [2.24, 2.45) is 0 Å². The average Bonchev–Trinajstić information content (AvgIpc) is 3.01. The van der Waals surface area contributed by atoms with Gasteiger partial charge in [0.15, 0.2) is 16.4 Å². The van der Waals surface area contributed by atoms with E-state index in [2.05, 4.69) is 0 Å². The van der Waals surface area contributed by atoms with Gasteiger partial charge in [0.2, 0.25) is 5.78 Å². The molecule has 0 aliphatic carbocycles. The Morgan fingerprint density at radius 1 is 0.969 bits per heavy atom. The Morgan fingerprint density at radius 2 is 1.56 bits per heavy atom. The first-order valence-corrected chi connectivity index (χ1v) is 12.0. The fourth-order valence-electron chi connectivity index (χ4n) is 3.43. The molecule has 1 aromatic heterocycles. The predicted molar refractivity (Wildman–Crippen MR) is 119 cm³/mol. The molecule has 0 unspecified atom stereocenters. The Morgan fingerprint density at radius 3 is 2.16 bits per heavy atom. The molecule has 0 aliphatic rings. The fourth-order valence-corrected chi connectivity index (χ4v) is 4.23. The number of Topliss-reactive ketones (excluding diaryl/α,β-unsaturated/α-hetero) is 1. The van der Waals surface area contributed by atoms with Crippen molar-refractivity contribution in [1.82, 2.24) is 4.57 Å². The number of ketones is 1. The van der Waals surface area contributed by atoms with Crippen LogP contribution >= 0.6 is 0 Å². The summed E-state index contributed by atoms with van der Waals surface area (Å²) in [5.74, 6) is -1.42. The first-order chi connectivity index (χ1) is 15.0. The molecule has 32 heavy (non-hydrogen) atoms. The van der Waals surface area contributed by atoms with E-state index in [0.717, 1.165) is 23.2 Å². The van der Waals surface area contributed by atoms with Crippen molar-refractivity contribution < 1.29 is 27.1 Å². The number of esters is 1. The van der Waals surface area contributed by atoms with E-state index in [-0.39, 0.29) is 22.9 Å². The second kappa shape index (κ2) is 9.48. The lowest BCUT2D eigenvalue weighted by Crippen LogP contribution is -2.15. The molecule has 0 spiro atoms. The summed E-state index contributed by atoms with van der Waals surface area (Å²) in [5.41, 5.74) is 3.75. The van der Waals surface area contributed by atoms with Crippen LogP contribution in [-0.4, -0.2) is 37.6 Å². The van der Waals surface area contributed by atoms with Crippen LogP contribution in [0.2, 0.25) is 0 Å². The number of aryl methyl sites for hydroxylation is 1. The van der Waals surface area contributed by atoms with Crippen molar-refractivity contribution in [3.05, 3.63) is 94.1 Å². The molecule has 0 radical (unpaired) electrons. The summed E-state index contributed by atoms with van der Waals surface area (Å²) in [7, 11) is -3.17. The summed E-state index contributed by atoms with van der Waals surface area (Å²) in [6.07, 6.45) is 1.14. The Labute approximate surface area is 186 Å². The number of halogens is 1. The van der Waals surface area contributed by atoms with Crippen LogP contribution in [0.25, 0.3) is 0 Å². The third kappa shape index (κ3) is 5.91. The van der Waals surface area contributed by atoms with Crippen molar-refractivity contribution >= 4 is 21.6 Å². The molecule has 0 amide bonds. The highest BCUT2D eigenvalue weighted by Crippen LogP contribution is 2.18. The monoisotopic (exact) mass is 457 g/mol. The first kappa shape index (κ1) is 23.4. The lowest BCUT2D eigenvalue weighted by Gasteiger charge is -2.10. The molecule has 2 aromatic carbocycles. The van der Waals surface area contributed by atoms with Crippen LogP contribution in [0.15, 0.2) is 54.6 Å². The maximum atomic E-state index is 13.1. The van der Waals surface area contributed by atoms with Crippen LogP contribution in [0.5, 0.6) is 0 Å². The van der Waals surface area contributed by atoms with E-state index in [0.29, 0.717) is 17.7 Å². The Kier molecular flexibility index (Phi) is 6.93. The van der Waals surface area contributed by atoms with E-state index >= 15 is 0 Å². The summed E-state index contributed by atoms with van der Waals surface area (Å²) in [5, 5.41) is 0. The number of sulfone groups is 1. The highest BCUT2D eigenvalue weighted by Gasteiger charge is 2.18. The van der Waals surface area contributed by atoms with Gasteiger partial charge in [0.1, 0.15) is 5.82 Å². The Bertz CT molecular complexity index is 1240. The maximum Gasteiger partial charge on any atom is 0.338 e. The maximum absolute atomic E-state index is 13.1. The number of ether oxygens (including phenoxy) is 1. The van der Waals surface area contributed by atoms with Gasteiger partial charge in [0.05, 0.1) is 11.3 Å². The van der Waals surface area contributed by atoms with Crippen LogP contribution in [-0.2, 0) is 26.9 Å². The van der Waals surface area contributed by atoms with Crippen LogP contribution in [0, 0.1) is 19.7 Å². The number of nitrogens with zero attached hydrogens (tertiary/aromatic N) is 1. The zero-order valence-corrected chi connectivity index (χ0v) is 18.9. The average molecular weight is 458 g/mol. The SMILES string of the molecule is Cc1cc(C(=O)COC(=O)c2ccc(CS(C)(=O)=O)cc2)c(C)n1Cc1ccc(F)cc1. The van der Waals surface area contributed by atoms with E-state index in [1.165, 1.54) is 24.3 Å². The summed E-state index contributed by atoms with van der Waals surface area (Å²) < 4.78 is 43.0. The number of benzene rings is 2. The van der Waals surface area contributed by atoms with Crippen LogP contribution in [0.1, 0.15) is 43.2 Å². The highest BCUT2D eigenvalue weighted by atomic mass is 32.2. The largest absolute Gasteiger partial charge is 0.454 e. The van der Waals surface area contributed by atoms with Crippen molar-refractivity contribution in [3.8, 4) is 0 Å². The molecule has 3 rings (SSSR count). The molecule has 8 heteroatoms. The van der Waals surface area contributed by atoms with Crippen molar-refractivity contribution in [1.29, 1.82) is 0 Å². The molecule has 0 N–H and O–H groups in total. The lowest BCUT2D eigenvalue weighted by molar-refractivity contribution is 0.0474. The molecule has 3 aromatic rings. The molecule has 1 heterocycles. The molecule has 168 valence electrons. The molecular weight excluding hydrogens is 433 g/mol. The number of hydrogen-bond acceptors (Lipinski definition) is 5. The van der Waals surface area contributed by atoms with E-state index in [1.54, 1.807) is 30.3 Å². The molecule has 6 nitrogen and oxygen atoms in total. The van der Waals surface area contributed by atoms with Gasteiger partial charge in [-0.1, -0.05) is 24.3 Å². The van der Waals surface area contributed by atoms with Gasteiger partial charge in [-0.25, -0.2) is 17.6 Å². The van der Waals surface area contributed by atoms with E-state index in [1.807, 2.05) is 18.4 Å². The zero-order chi connectivity index (χ0) is 23.5. The second-order valence-electron chi connectivity index (χ2n) is 7.76. The number of rotatable bonds is 8. The van der Waals surface area contributed by atoms with Gasteiger partial charge in [0.25, 0.3) is 0 Å². The lowest BCUT2D eigenvalue weighted by atomic mass is 10.1. The van der Waals surface area contributed by atoms with E-state index < -0.39 is 22.4 Å². The normalized spacial score (nSPS) is 11.4. The fraction of sp³-hybridized carbons (Fsp3) is 0.250. The van der Waals surface area contributed by atoms with Crippen LogP contribution < -0.4 is 0 Å². The molecular formula is C24H24FNO5S. The summed E-state index contributed by atoms with van der Waals surface area (Å²) in [4.78, 5) is 24.9. The third-order valence-corrected chi connectivity index (χ3v) is 5.94. The smallest absolute Gasteiger partial charge is 0.338 e. The van der Waals surface area contributed by atoms with Crippen molar-refractivity contribution in [2.75, 3.05) is 12.9 Å². The van der Waals surface area contributed by atoms with Gasteiger partial charge >= 0.3 is 5.97 Å². The van der Waals surface area contributed by atoms with Crippen LogP contribution in [0.4, 0.5) is 4.39 Å². The molecule has 0 saturated heterocycles. The van der Waals surface area contributed by atoms with E-state index in [9.17, 15) is 22.4 Å². The van der Waals surface area contributed by atoms with Gasteiger partial charge in [-0.2, -0.15) is 0 Å². The number of aromatic nitrogens is 1. The summed E-state index contributed by atoms with van der Waals surface area (Å²) >= 11 is 0. The van der Waals surface area contributed by atoms with Gasteiger partial charge in [-0.3, -0.25) is 4.79 Å². The Balaban J connectivity index is 1.64. The number of carbonyl (C=O) groups is 2. The third-order valence-electron chi connectivity index (χ3n) is 5.08. The topological polar surface area (TPSA) is 82.4 Å². The Hall–Kier alpha value is -3.26. The standard InChI is InChI=1S/C24H24FNO5S/c1-16-12-22(17(2)26(16)13-18-6-10-21(25)11-7-18)23(27)14-31-24(28)20-8-4-19(5-9-20)15-32(3,29)30/h4-12H,13-15H2,1-3H3. The van der Waals surface area contributed by atoms with Gasteiger partial charge in [0, 0.05) is 29.8 Å². The highest BCUT2D eigenvalue weighted by molar-refractivity contribution is 7.89. The van der Waals surface area contributed by atoms with Gasteiger partial charge in [-0.15, -0.1) is 0 Å². The van der Waals surface area contributed by atoms with Crippen LogP contribution in [0.3, 0.4) is 0 Å². The summed E-state index contributed by atoms with van der Waals surface area (Å²) in [6, 6.07) is 14.0. The minimum atomic E-state index is -3.17. The second-order valence-corrected chi connectivity index (χ2v) is 9.90. The molecule has 0 fully saturated rings. The van der Waals surface area contributed by atoms with Gasteiger partial charge in [-0.05, 0) is 55.3 Å². The van der Waals surface area contributed by atoms with Crippen molar-refractivity contribution in [2.45, 2.75) is 26.1 Å². The molecule has 0 aliphatic heterocycles. The zero-order valence-electron chi connectivity index (χ0n) is 18.1. The quantitative estimate of drug-likeness (QED) is 0.379. The van der Waals surface area contributed by atoms with E-state index in [4.69, 9.17) is 4.74 Å². The summed E-state index contributed by atoms with van der Waals surface area (Å²) in [6.45, 7) is 3.76. The van der Waals surface area contributed by atoms with Crippen molar-refractivity contribution in [3.63, 3.8) is 0 Å². The molecule has 0 bridgehead atoms. The number of hydrogen-bond donors (Lipinski definition) is 0. The molecule has 0 atom stereocenters. The van der Waals surface area contributed by atoms with Gasteiger partial charge < -0.3 is 9.30 Å². The minimum absolute atomic E-state index is 0.117. The predicted octanol–water partition coefficient (Wildman–Crippen LogP) is 3.88. The first-order valence-electron chi connectivity index (χ1n) is 9.91. The molecule has 0 saturated carbocycles.